The van der Waals surface area contributed by atoms with Crippen molar-refractivity contribution >= 4 is 11.6 Å². The Bertz CT molecular complexity index is 761. The smallest absolute Gasteiger partial charge is 0.311 e. The first kappa shape index (κ1) is 11.3. The highest BCUT2D eigenvalue weighted by atomic mass is 16.5. The van der Waals surface area contributed by atoms with Crippen LogP contribution in [0.3, 0.4) is 0 Å². The lowest BCUT2D eigenvalue weighted by Crippen LogP contribution is -2.04. The van der Waals surface area contributed by atoms with Crippen LogP contribution in [0.1, 0.15) is 11.6 Å². The lowest BCUT2D eigenvalue weighted by atomic mass is 10.2. The van der Waals surface area contributed by atoms with Gasteiger partial charge in [-0.05, 0) is 19.1 Å². The molecule has 0 saturated heterocycles. The number of fused-ring (bicyclic) bond motifs is 1. The lowest BCUT2D eigenvalue weighted by molar-refractivity contribution is -0.136. The molecule has 3 aromatic heterocycles. The van der Waals surface area contributed by atoms with Gasteiger partial charge in [-0.15, -0.1) is 10.2 Å². The Labute approximate surface area is 106 Å². The fraction of sp³-hybridized carbons (Fsp3) is 0.182. The first-order valence-electron chi connectivity index (χ1n) is 5.49. The van der Waals surface area contributed by atoms with Crippen molar-refractivity contribution in [3.63, 3.8) is 0 Å². The zero-order chi connectivity index (χ0) is 13.4. The molecule has 3 rings (SSSR count). The third-order valence-electron chi connectivity index (χ3n) is 2.56. The van der Waals surface area contributed by atoms with Gasteiger partial charge >= 0.3 is 5.97 Å². The van der Waals surface area contributed by atoms with E-state index in [0.29, 0.717) is 28.8 Å². The van der Waals surface area contributed by atoms with Crippen molar-refractivity contribution in [3.05, 3.63) is 30.0 Å². The lowest BCUT2D eigenvalue weighted by Gasteiger charge is -1.98. The molecular formula is C11H9N5O3. The summed E-state index contributed by atoms with van der Waals surface area (Å²) in [6, 6.07) is 3.46. The Morgan fingerprint density at radius 3 is 3.00 bits per heavy atom. The molecule has 8 heteroatoms. The summed E-state index contributed by atoms with van der Waals surface area (Å²) in [5.41, 5.74) is 1.24. The van der Waals surface area contributed by atoms with Gasteiger partial charge in [-0.3, -0.25) is 9.20 Å². The van der Waals surface area contributed by atoms with Crippen molar-refractivity contribution in [2.75, 3.05) is 0 Å². The van der Waals surface area contributed by atoms with Crippen LogP contribution in [0.15, 0.2) is 22.9 Å². The van der Waals surface area contributed by atoms with Gasteiger partial charge < -0.3 is 9.63 Å². The summed E-state index contributed by atoms with van der Waals surface area (Å²) in [4.78, 5) is 14.8. The summed E-state index contributed by atoms with van der Waals surface area (Å²) in [6.07, 6.45) is 1.50. The van der Waals surface area contributed by atoms with Gasteiger partial charge in [0.25, 0.3) is 5.89 Å². The largest absolute Gasteiger partial charge is 0.481 e. The van der Waals surface area contributed by atoms with Crippen LogP contribution in [0.25, 0.3) is 17.1 Å². The second-order valence-electron chi connectivity index (χ2n) is 3.98. The van der Waals surface area contributed by atoms with E-state index in [1.54, 1.807) is 29.7 Å². The number of hydrogen-bond donors (Lipinski definition) is 1. The van der Waals surface area contributed by atoms with E-state index in [2.05, 4.69) is 20.3 Å². The van der Waals surface area contributed by atoms with Crippen LogP contribution in [0.5, 0.6) is 0 Å². The second kappa shape index (κ2) is 4.16. The average Bonchev–Trinajstić information content (AvgIpc) is 2.95. The number of hydrogen-bond acceptors (Lipinski definition) is 6. The topological polar surface area (TPSA) is 106 Å². The van der Waals surface area contributed by atoms with E-state index in [0.717, 1.165) is 0 Å². The molecule has 0 atom stereocenters. The normalized spacial score (nSPS) is 11.0. The Morgan fingerprint density at radius 2 is 2.32 bits per heavy atom. The van der Waals surface area contributed by atoms with Crippen molar-refractivity contribution < 1.29 is 14.4 Å². The van der Waals surface area contributed by atoms with Crippen LogP contribution >= 0.6 is 0 Å². The van der Waals surface area contributed by atoms with E-state index in [1.165, 1.54) is 0 Å². The maximum Gasteiger partial charge on any atom is 0.311 e. The number of nitrogens with zero attached hydrogens (tertiary/aromatic N) is 5. The zero-order valence-electron chi connectivity index (χ0n) is 9.94. The van der Waals surface area contributed by atoms with Crippen LogP contribution in [0.4, 0.5) is 0 Å². The molecule has 96 valence electrons. The molecule has 0 aliphatic heterocycles. The van der Waals surface area contributed by atoms with Gasteiger partial charge in [-0.2, -0.15) is 4.98 Å². The highest BCUT2D eigenvalue weighted by Crippen LogP contribution is 2.18. The molecule has 0 radical (unpaired) electrons. The summed E-state index contributed by atoms with van der Waals surface area (Å²) in [5.74, 6) is 0.354. The van der Waals surface area contributed by atoms with Crippen LogP contribution in [-0.4, -0.2) is 35.8 Å². The van der Waals surface area contributed by atoms with Crippen molar-refractivity contribution in [2.45, 2.75) is 13.3 Å². The fourth-order valence-corrected chi connectivity index (χ4v) is 1.74. The number of aromatic nitrogens is 5. The first-order chi connectivity index (χ1) is 9.13. The maximum atomic E-state index is 10.7. The molecule has 1 N–H and O–H groups in total. The molecule has 0 spiro atoms. The highest BCUT2D eigenvalue weighted by Gasteiger charge is 2.12. The maximum absolute atomic E-state index is 10.7. The molecule has 3 aromatic rings. The Balaban J connectivity index is 2.05. The number of carboxylic acids is 1. The van der Waals surface area contributed by atoms with Crippen molar-refractivity contribution in [1.29, 1.82) is 0 Å². The molecule has 8 nitrogen and oxygen atoms in total. The zero-order valence-corrected chi connectivity index (χ0v) is 9.94. The summed E-state index contributed by atoms with van der Waals surface area (Å²) in [7, 11) is 0. The Morgan fingerprint density at radius 1 is 1.47 bits per heavy atom. The number of aryl methyl sites for hydroxylation is 1. The summed E-state index contributed by atoms with van der Waals surface area (Å²) in [6.45, 7) is 1.73. The predicted octanol–water partition coefficient (Wildman–Crippen LogP) is 0.715. The van der Waals surface area contributed by atoms with E-state index in [-0.39, 0.29) is 6.42 Å². The molecule has 0 fully saturated rings. The van der Waals surface area contributed by atoms with Gasteiger partial charge in [-0.25, -0.2) is 0 Å². The third-order valence-corrected chi connectivity index (χ3v) is 2.56. The standard InChI is InChI=1S/C11H9N5O3/c1-6-12-11(19-15-6)7-2-3-16-8(4-7)13-14-9(16)5-10(17)18/h2-4H,5H2,1H3,(H,17,18). The van der Waals surface area contributed by atoms with E-state index in [4.69, 9.17) is 9.63 Å². The highest BCUT2D eigenvalue weighted by molar-refractivity contribution is 5.69. The van der Waals surface area contributed by atoms with Gasteiger partial charge in [0.1, 0.15) is 12.2 Å². The van der Waals surface area contributed by atoms with Gasteiger partial charge in [-0.1, -0.05) is 5.16 Å². The molecular weight excluding hydrogens is 250 g/mol. The summed E-state index contributed by atoms with van der Waals surface area (Å²) >= 11 is 0. The van der Waals surface area contributed by atoms with Crippen molar-refractivity contribution in [1.82, 2.24) is 24.7 Å². The van der Waals surface area contributed by atoms with Gasteiger partial charge in [0, 0.05) is 11.8 Å². The van der Waals surface area contributed by atoms with Crippen molar-refractivity contribution in [3.8, 4) is 11.5 Å². The van der Waals surface area contributed by atoms with E-state index < -0.39 is 5.97 Å². The molecule has 0 aromatic carbocycles. The van der Waals surface area contributed by atoms with E-state index >= 15 is 0 Å². The molecule has 0 saturated carbocycles. The minimum absolute atomic E-state index is 0.180. The Kier molecular flexibility index (Phi) is 2.48. The monoisotopic (exact) mass is 259 g/mol. The quantitative estimate of drug-likeness (QED) is 0.738. The molecule has 0 aliphatic carbocycles. The number of pyridine rings is 1. The van der Waals surface area contributed by atoms with Crippen LogP contribution in [0, 0.1) is 6.92 Å². The summed E-state index contributed by atoms with van der Waals surface area (Å²) in [5, 5.41) is 20.2. The average molecular weight is 259 g/mol. The van der Waals surface area contributed by atoms with Gasteiger partial charge in [0.15, 0.2) is 11.5 Å². The molecule has 0 aliphatic rings. The molecule has 0 bridgehead atoms. The molecule has 3 heterocycles. The number of carbonyl (C=O) groups is 1. The molecule has 0 unspecified atom stereocenters. The van der Waals surface area contributed by atoms with Crippen LogP contribution in [0.2, 0.25) is 0 Å². The van der Waals surface area contributed by atoms with Crippen LogP contribution < -0.4 is 0 Å². The number of rotatable bonds is 3. The Hall–Kier alpha value is -2.77. The third kappa shape index (κ3) is 2.03. The van der Waals surface area contributed by atoms with Gasteiger partial charge in [0.05, 0.1) is 0 Å². The van der Waals surface area contributed by atoms with Crippen molar-refractivity contribution in [2.24, 2.45) is 0 Å². The van der Waals surface area contributed by atoms with E-state index in [9.17, 15) is 4.79 Å². The minimum Gasteiger partial charge on any atom is -0.481 e. The molecule has 0 amide bonds. The SMILES string of the molecule is Cc1noc(-c2ccn3c(CC(=O)O)nnc3c2)n1. The number of aliphatic carboxylic acids is 1. The first-order valence-corrected chi connectivity index (χ1v) is 5.49. The second-order valence-corrected chi connectivity index (χ2v) is 3.98. The van der Waals surface area contributed by atoms with Gasteiger partial charge in [0.2, 0.25) is 0 Å². The van der Waals surface area contributed by atoms with Crippen LogP contribution in [-0.2, 0) is 11.2 Å². The van der Waals surface area contributed by atoms with E-state index in [1.807, 2.05) is 0 Å². The fourth-order valence-electron chi connectivity index (χ4n) is 1.74. The number of carboxylic acid groups (broad SMARTS) is 1. The molecule has 19 heavy (non-hydrogen) atoms. The predicted molar refractivity (Wildman–Crippen MR) is 62.4 cm³/mol. The minimum atomic E-state index is -0.953. The summed E-state index contributed by atoms with van der Waals surface area (Å²) < 4.78 is 6.67.